The SMILES string of the molecule is CC1CCN(C(=O)Cn2cc(SCc3ccccc3Cl)c3ccccc32)CC1. The maximum absolute atomic E-state index is 12.8. The van der Waals surface area contributed by atoms with Gasteiger partial charge in [-0.1, -0.05) is 54.9 Å². The van der Waals surface area contributed by atoms with Crippen molar-refractivity contribution in [3.63, 3.8) is 0 Å². The van der Waals surface area contributed by atoms with E-state index in [1.54, 1.807) is 11.8 Å². The standard InChI is InChI=1S/C23H25ClN2OS/c1-17-10-12-25(13-11-17)23(27)15-26-14-22(19-7-3-5-9-21(19)26)28-16-18-6-2-4-8-20(18)24/h2-9,14,17H,10-13,15-16H2,1H3. The highest BCUT2D eigenvalue weighted by Gasteiger charge is 2.21. The summed E-state index contributed by atoms with van der Waals surface area (Å²) in [6, 6.07) is 16.3. The lowest BCUT2D eigenvalue weighted by molar-refractivity contribution is -0.133. The first-order chi connectivity index (χ1) is 13.6. The summed E-state index contributed by atoms with van der Waals surface area (Å²) in [7, 11) is 0. The van der Waals surface area contributed by atoms with Crippen molar-refractivity contribution in [2.24, 2.45) is 5.92 Å². The van der Waals surface area contributed by atoms with Gasteiger partial charge in [0.1, 0.15) is 6.54 Å². The van der Waals surface area contributed by atoms with Crippen molar-refractivity contribution in [1.82, 2.24) is 9.47 Å². The molecule has 146 valence electrons. The van der Waals surface area contributed by atoms with E-state index in [2.05, 4.69) is 42.0 Å². The van der Waals surface area contributed by atoms with E-state index in [0.717, 1.165) is 53.7 Å². The van der Waals surface area contributed by atoms with E-state index in [4.69, 9.17) is 11.6 Å². The number of fused-ring (bicyclic) bond motifs is 1. The molecule has 28 heavy (non-hydrogen) atoms. The molecule has 5 heteroatoms. The first-order valence-electron chi connectivity index (χ1n) is 9.83. The molecule has 0 aliphatic carbocycles. The van der Waals surface area contributed by atoms with Gasteiger partial charge in [0.2, 0.25) is 5.91 Å². The molecule has 1 saturated heterocycles. The molecule has 0 atom stereocenters. The number of hydrogen-bond acceptors (Lipinski definition) is 2. The van der Waals surface area contributed by atoms with Crippen molar-refractivity contribution < 1.29 is 4.79 Å². The van der Waals surface area contributed by atoms with Crippen LogP contribution in [-0.2, 0) is 17.1 Å². The van der Waals surface area contributed by atoms with Gasteiger partial charge in [-0.15, -0.1) is 11.8 Å². The summed E-state index contributed by atoms with van der Waals surface area (Å²) in [5.74, 6) is 1.76. The molecule has 1 aliphatic rings. The number of aromatic nitrogens is 1. The minimum atomic E-state index is 0.218. The molecule has 3 aromatic rings. The van der Waals surface area contributed by atoms with E-state index in [-0.39, 0.29) is 5.91 Å². The quantitative estimate of drug-likeness (QED) is 0.491. The Hall–Kier alpha value is -1.91. The van der Waals surface area contributed by atoms with E-state index in [1.165, 1.54) is 10.3 Å². The third-order valence-corrected chi connectivity index (χ3v) is 7.00. The first-order valence-corrected chi connectivity index (χ1v) is 11.2. The predicted molar refractivity (Wildman–Crippen MR) is 118 cm³/mol. The lowest BCUT2D eigenvalue weighted by Crippen LogP contribution is -2.39. The van der Waals surface area contributed by atoms with Gasteiger partial charge in [-0.2, -0.15) is 0 Å². The Morgan fingerprint density at radius 2 is 1.82 bits per heavy atom. The topological polar surface area (TPSA) is 25.2 Å². The summed E-state index contributed by atoms with van der Waals surface area (Å²) in [4.78, 5) is 16.0. The number of rotatable bonds is 5. The van der Waals surface area contributed by atoms with Crippen LogP contribution in [0.3, 0.4) is 0 Å². The Morgan fingerprint density at radius 3 is 2.61 bits per heavy atom. The van der Waals surface area contributed by atoms with Crippen LogP contribution >= 0.6 is 23.4 Å². The molecule has 1 fully saturated rings. The van der Waals surface area contributed by atoms with Gasteiger partial charge in [-0.3, -0.25) is 4.79 Å². The number of benzene rings is 2. The van der Waals surface area contributed by atoms with Crippen LogP contribution in [-0.4, -0.2) is 28.5 Å². The molecule has 3 nitrogen and oxygen atoms in total. The summed E-state index contributed by atoms with van der Waals surface area (Å²) < 4.78 is 2.10. The van der Waals surface area contributed by atoms with Gasteiger partial charge in [0.15, 0.2) is 0 Å². The minimum Gasteiger partial charge on any atom is -0.341 e. The fraction of sp³-hybridized carbons (Fsp3) is 0.348. The van der Waals surface area contributed by atoms with Crippen LogP contribution in [0.4, 0.5) is 0 Å². The number of amides is 1. The summed E-state index contributed by atoms with van der Waals surface area (Å²) in [6.45, 7) is 4.44. The zero-order chi connectivity index (χ0) is 19.5. The molecule has 0 bridgehead atoms. The number of carbonyl (C=O) groups excluding carboxylic acids is 1. The monoisotopic (exact) mass is 412 g/mol. The van der Waals surface area contributed by atoms with Crippen molar-refractivity contribution in [1.29, 1.82) is 0 Å². The fourth-order valence-electron chi connectivity index (χ4n) is 3.73. The van der Waals surface area contributed by atoms with E-state index in [0.29, 0.717) is 6.54 Å². The van der Waals surface area contributed by atoms with Crippen LogP contribution in [0, 0.1) is 5.92 Å². The number of likely N-dealkylation sites (tertiary alicyclic amines) is 1. The van der Waals surface area contributed by atoms with Crippen LogP contribution in [0.25, 0.3) is 10.9 Å². The third kappa shape index (κ3) is 4.23. The average molecular weight is 413 g/mol. The number of nitrogens with zero attached hydrogens (tertiary/aromatic N) is 2. The first kappa shape index (κ1) is 19.4. The molecule has 4 rings (SSSR count). The molecule has 0 spiro atoms. The Morgan fingerprint density at radius 1 is 1.11 bits per heavy atom. The zero-order valence-corrected chi connectivity index (χ0v) is 17.7. The van der Waals surface area contributed by atoms with E-state index >= 15 is 0 Å². The molecule has 1 aromatic heterocycles. The van der Waals surface area contributed by atoms with E-state index < -0.39 is 0 Å². The number of hydrogen-bond donors (Lipinski definition) is 0. The normalized spacial score (nSPS) is 15.3. The van der Waals surface area contributed by atoms with Crippen molar-refractivity contribution >= 4 is 40.2 Å². The Bertz CT molecular complexity index is 976. The molecule has 1 amide bonds. The summed E-state index contributed by atoms with van der Waals surface area (Å²) in [6.07, 6.45) is 4.34. The van der Waals surface area contributed by atoms with Gasteiger partial charge in [0.05, 0.1) is 0 Å². The van der Waals surface area contributed by atoms with Crippen LogP contribution in [0.1, 0.15) is 25.3 Å². The number of para-hydroxylation sites is 1. The largest absolute Gasteiger partial charge is 0.341 e. The molecule has 0 N–H and O–H groups in total. The van der Waals surface area contributed by atoms with Gasteiger partial charge in [-0.05, 0) is 36.5 Å². The molecule has 0 unspecified atom stereocenters. The summed E-state index contributed by atoms with van der Waals surface area (Å²) >= 11 is 8.08. The maximum atomic E-state index is 12.8. The van der Waals surface area contributed by atoms with Crippen molar-refractivity contribution in [2.75, 3.05) is 13.1 Å². The third-order valence-electron chi connectivity index (χ3n) is 5.53. The lowest BCUT2D eigenvalue weighted by atomic mass is 9.99. The van der Waals surface area contributed by atoms with Gasteiger partial charge >= 0.3 is 0 Å². The van der Waals surface area contributed by atoms with Crippen LogP contribution in [0.2, 0.25) is 5.02 Å². The minimum absolute atomic E-state index is 0.218. The highest BCUT2D eigenvalue weighted by atomic mass is 35.5. The highest BCUT2D eigenvalue weighted by molar-refractivity contribution is 7.98. The molecule has 2 heterocycles. The van der Waals surface area contributed by atoms with Gasteiger partial charge in [0, 0.05) is 45.9 Å². The van der Waals surface area contributed by atoms with Crippen LogP contribution in [0.5, 0.6) is 0 Å². The van der Waals surface area contributed by atoms with Crippen molar-refractivity contribution in [3.05, 3.63) is 65.3 Å². The second kappa shape index (κ2) is 8.62. The molecular formula is C23H25ClN2OS. The predicted octanol–water partition coefficient (Wildman–Crippen LogP) is 5.85. The molecule has 2 aromatic carbocycles. The fourth-order valence-corrected chi connectivity index (χ4v) is 5.11. The maximum Gasteiger partial charge on any atom is 0.242 e. The van der Waals surface area contributed by atoms with Crippen LogP contribution in [0.15, 0.2) is 59.6 Å². The van der Waals surface area contributed by atoms with E-state index in [1.807, 2.05) is 29.2 Å². The zero-order valence-electron chi connectivity index (χ0n) is 16.1. The highest BCUT2D eigenvalue weighted by Crippen LogP contribution is 2.33. The number of piperidine rings is 1. The second-order valence-electron chi connectivity index (χ2n) is 7.58. The van der Waals surface area contributed by atoms with Crippen LogP contribution < -0.4 is 0 Å². The average Bonchev–Trinajstić information content (AvgIpc) is 3.05. The lowest BCUT2D eigenvalue weighted by Gasteiger charge is -2.30. The van der Waals surface area contributed by atoms with Crippen molar-refractivity contribution in [3.8, 4) is 0 Å². The van der Waals surface area contributed by atoms with Gasteiger partial charge < -0.3 is 9.47 Å². The molecular weight excluding hydrogens is 388 g/mol. The van der Waals surface area contributed by atoms with Gasteiger partial charge in [-0.25, -0.2) is 0 Å². The smallest absolute Gasteiger partial charge is 0.242 e. The number of halogens is 1. The summed E-state index contributed by atoms with van der Waals surface area (Å²) in [5, 5.41) is 1.99. The van der Waals surface area contributed by atoms with E-state index in [9.17, 15) is 4.79 Å². The Kier molecular flexibility index (Phi) is 5.98. The Labute approximate surface area is 175 Å². The van der Waals surface area contributed by atoms with Gasteiger partial charge in [0.25, 0.3) is 0 Å². The molecule has 1 aliphatic heterocycles. The Balaban J connectivity index is 1.53. The molecule has 0 saturated carbocycles. The summed E-state index contributed by atoms with van der Waals surface area (Å²) in [5.41, 5.74) is 2.24. The second-order valence-corrected chi connectivity index (χ2v) is 9.01. The number of thioether (sulfide) groups is 1. The van der Waals surface area contributed by atoms with Crippen molar-refractivity contribution in [2.45, 2.75) is 37.0 Å². The number of carbonyl (C=O) groups is 1. The molecule has 0 radical (unpaired) electrons.